The maximum absolute atomic E-state index is 12.3. The summed E-state index contributed by atoms with van der Waals surface area (Å²) in [4.78, 5) is 4.27. The van der Waals surface area contributed by atoms with Gasteiger partial charge in [0, 0.05) is 38.7 Å². The zero-order valence-electron chi connectivity index (χ0n) is 18.0. The van der Waals surface area contributed by atoms with Gasteiger partial charge in [0.1, 0.15) is 0 Å². The van der Waals surface area contributed by atoms with E-state index in [1.807, 2.05) is 0 Å². The van der Waals surface area contributed by atoms with Gasteiger partial charge in [0.2, 0.25) is 10.0 Å². The lowest BCUT2D eigenvalue weighted by Gasteiger charge is -2.30. The van der Waals surface area contributed by atoms with Crippen LogP contribution in [0.15, 0.2) is 35.3 Å². The number of rotatable bonds is 9. The van der Waals surface area contributed by atoms with Crippen LogP contribution in [0.3, 0.4) is 0 Å². The lowest BCUT2D eigenvalue weighted by molar-refractivity contribution is 0.0200. The zero-order chi connectivity index (χ0) is 21.3. The van der Waals surface area contributed by atoms with Crippen LogP contribution in [-0.4, -0.2) is 59.5 Å². The molecule has 3 N–H and O–H groups in total. The Morgan fingerprint density at radius 3 is 2.57 bits per heavy atom. The summed E-state index contributed by atoms with van der Waals surface area (Å²) in [6, 6.07) is 10.7. The molecule has 1 saturated carbocycles. The summed E-state index contributed by atoms with van der Waals surface area (Å²) in [6.45, 7) is 2.18. The fraction of sp³-hybridized carbons (Fsp3) is 0.682. The second kappa shape index (κ2) is 11.1. The molecular formula is C22H36N4O3S. The third-order valence-electron chi connectivity index (χ3n) is 6.23. The second-order valence-corrected chi connectivity index (χ2v) is 10.3. The normalized spacial score (nSPS) is 22.0. The predicted molar refractivity (Wildman–Crippen MR) is 121 cm³/mol. The van der Waals surface area contributed by atoms with Gasteiger partial charge < -0.3 is 15.4 Å². The Bertz CT molecular complexity index is 771. The largest absolute Gasteiger partial charge is 0.377 e. The second-order valence-electron chi connectivity index (χ2n) is 8.36. The molecule has 8 heteroatoms. The number of nitrogens with zero attached hydrogens (tertiary/aromatic N) is 1. The van der Waals surface area contributed by atoms with E-state index in [-0.39, 0.29) is 17.3 Å². The van der Waals surface area contributed by atoms with Crippen LogP contribution in [0.5, 0.6) is 0 Å². The van der Waals surface area contributed by atoms with Crippen molar-refractivity contribution in [1.29, 1.82) is 0 Å². The molecule has 0 amide bonds. The molecule has 3 rings (SSSR count). The van der Waals surface area contributed by atoms with Crippen LogP contribution in [0, 0.1) is 0 Å². The van der Waals surface area contributed by atoms with Crippen molar-refractivity contribution in [2.45, 2.75) is 56.5 Å². The SMILES string of the molecule is CN=C(NCCS(=O)(=O)NCC1CCCCO1)NCC1(c2ccccc2)CCCC1. The van der Waals surface area contributed by atoms with Crippen LogP contribution in [-0.2, 0) is 20.2 Å². The number of nitrogens with one attached hydrogen (secondary N) is 3. The summed E-state index contributed by atoms with van der Waals surface area (Å²) < 4.78 is 32.8. The average Bonchev–Trinajstić information content (AvgIpc) is 3.26. The van der Waals surface area contributed by atoms with Crippen molar-refractivity contribution in [2.24, 2.45) is 4.99 Å². The van der Waals surface area contributed by atoms with Crippen LogP contribution in [0.1, 0.15) is 50.5 Å². The van der Waals surface area contributed by atoms with Crippen molar-refractivity contribution >= 4 is 16.0 Å². The van der Waals surface area contributed by atoms with E-state index in [1.165, 1.54) is 18.4 Å². The third kappa shape index (κ3) is 6.68. The first-order valence-corrected chi connectivity index (χ1v) is 12.8. The molecule has 1 unspecified atom stereocenters. The predicted octanol–water partition coefficient (Wildman–Crippen LogP) is 2.15. The first-order chi connectivity index (χ1) is 14.5. The summed E-state index contributed by atoms with van der Waals surface area (Å²) in [5.41, 5.74) is 1.48. The minimum absolute atomic E-state index is 0.00324. The van der Waals surface area contributed by atoms with Gasteiger partial charge in [-0.05, 0) is 37.7 Å². The third-order valence-corrected chi connectivity index (χ3v) is 7.58. The zero-order valence-corrected chi connectivity index (χ0v) is 18.8. The molecule has 1 aliphatic carbocycles. The lowest BCUT2D eigenvalue weighted by Crippen LogP contribution is -2.46. The number of benzene rings is 1. The molecule has 2 fully saturated rings. The monoisotopic (exact) mass is 436 g/mol. The smallest absolute Gasteiger partial charge is 0.213 e. The van der Waals surface area contributed by atoms with Gasteiger partial charge in [-0.1, -0.05) is 43.2 Å². The summed E-state index contributed by atoms with van der Waals surface area (Å²) in [7, 11) is -1.63. The molecule has 0 aromatic heterocycles. The van der Waals surface area contributed by atoms with Gasteiger partial charge in [0.15, 0.2) is 5.96 Å². The van der Waals surface area contributed by atoms with Crippen LogP contribution >= 0.6 is 0 Å². The summed E-state index contributed by atoms with van der Waals surface area (Å²) in [5.74, 6) is 0.646. The molecule has 168 valence electrons. The molecule has 1 saturated heterocycles. The van der Waals surface area contributed by atoms with Crippen LogP contribution in [0.2, 0.25) is 0 Å². The van der Waals surface area contributed by atoms with E-state index in [0.29, 0.717) is 19.0 Å². The van der Waals surface area contributed by atoms with Crippen molar-refractivity contribution in [3.05, 3.63) is 35.9 Å². The Hall–Kier alpha value is -1.64. The molecular weight excluding hydrogens is 400 g/mol. The number of hydrogen-bond acceptors (Lipinski definition) is 4. The van der Waals surface area contributed by atoms with E-state index < -0.39 is 10.0 Å². The number of guanidine groups is 1. The summed E-state index contributed by atoms with van der Waals surface area (Å²) >= 11 is 0. The summed E-state index contributed by atoms with van der Waals surface area (Å²) in [5, 5.41) is 6.57. The van der Waals surface area contributed by atoms with Gasteiger partial charge in [0.05, 0.1) is 11.9 Å². The molecule has 30 heavy (non-hydrogen) atoms. The molecule has 0 bridgehead atoms. The van der Waals surface area contributed by atoms with E-state index in [9.17, 15) is 8.42 Å². The van der Waals surface area contributed by atoms with Crippen LogP contribution in [0.25, 0.3) is 0 Å². The minimum atomic E-state index is -3.35. The van der Waals surface area contributed by atoms with Crippen molar-refractivity contribution in [2.75, 3.05) is 39.0 Å². The molecule has 1 aromatic rings. The fourth-order valence-electron chi connectivity index (χ4n) is 4.45. The van der Waals surface area contributed by atoms with E-state index in [0.717, 1.165) is 45.3 Å². The number of aliphatic imine (C=N–C) groups is 1. The Kier molecular flexibility index (Phi) is 8.53. The Balaban J connectivity index is 1.44. The van der Waals surface area contributed by atoms with Crippen molar-refractivity contribution in [3.8, 4) is 0 Å². The molecule has 1 aliphatic heterocycles. The average molecular weight is 437 g/mol. The number of hydrogen-bond donors (Lipinski definition) is 3. The Labute approximate surface area is 181 Å². The van der Waals surface area contributed by atoms with Crippen LogP contribution in [0.4, 0.5) is 0 Å². The van der Waals surface area contributed by atoms with E-state index in [2.05, 4.69) is 50.7 Å². The van der Waals surface area contributed by atoms with Crippen molar-refractivity contribution in [1.82, 2.24) is 15.4 Å². The highest BCUT2D eigenvalue weighted by atomic mass is 32.2. The highest BCUT2D eigenvalue weighted by molar-refractivity contribution is 7.89. The molecule has 1 atom stereocenters. The van der Waals surface area contributed by atoms with E-state index in [4.69, 9.17) is 4.74 Å². The van der Waals surface area contributed by atoms with E-state index in [1.54, 1.807) is 7.05 Å². The van der Waals surface area contributed by atoms with Gasteiger partial charge in [-0.25, -0.2) is 13.1 Å². The quantitative estimate of drug-likeness (QED) is 0.408. The minimum Gasteiger partial charge on any atom is -0.377 e. The number of ether oxygens (including phenoxy) is 1. The lowest BCUT2D eigenvalue weighted by atomic mass is 9.79. The molecule has 2 aliphatic rings. The molecule has 0 radical (unpaired) electrons. The molecule has 0 spiro atoms. The van der Waals surface area contributed by atoms with Crippen molar-refractivity contribution < 1.29 is 13.2 Å². The van der Waals surface area contributed by atoms with Gasteiger partial charge >= 0.3 is 0 Å². The molecule has 7 nitrogen and oxygen atoms in total. The fourth-order valence-corrected chi connectivity index (χ4v) is 5.40. The summed E-state index contributed by atoms with van der Waals surface area (Å²) in [6.07, 6.45) is 7.85. The van der Waals surface area contributed by atoms with E-state index >= 15 is 0 Å². The molecule has 1 aromatic carbocycles. The van der Waals surface area contributed by atoms with Crippen molar-refractivity contribution in [3.63, 3.8) is 0 Å². The highest BCUT2D eigenvalue weighted by Crippen LogP contribution is 2.40. The van der Waals surface area contributed by atoms with Gasteiger partial charge in [-0.15, -0.1) is 0 Å². The maximum atomic E-state index is 12.3. The first-order valence-electron chi connectivity index (χ1n) is 11.1. The molecule has 1 heterocycles. The topological polar surface area (TPSA) is 91.8 Å². The standard InChI is InChI=1S/C22H36N4O3S/c1-23-21(24-14-16-30(27,28)26-17-20-11-5-8-15-29-20)25-18-22(12-6-7-13-22)19-9-3-2-4-10-19/h2-4,9-10,20,26H,5-8,11-18H2,1H3,(H2,23,24,25). The van der Waals surface area contributed by atoms with Crippen LogP contribution < -0.4 is 15.4 Å². The highest BCUT2D eigenvalue weighted by Gasteiger charge is 2.35. The van der Waals surface area contributed by atoms with Gasteiger partial charge in [0.25, 0.3) is 0 Å². The Morgan fingerprint density at radius 1 is 1.13 bits per heavy atom. The Morgan fingerprint density at radius 2 is 1.90 bits per heavy atom. The first kappa shape index (κ1) is 23.0. The maximum Gasteiger partial charge on any atom is 0.213 e. The van der Waals surface area contributed by atoms with Gasteiger partial charge in [-0.2, -0.15) is 0 Å². The van der Waals surface area contributed by atoms with Gasteiger partial charge in [-0.3, -0.25) is 4.99 Å². The number of sulfonamides is 1.